The number of halogens is 1. The summed E-state index contributed by atoms with van der Waals surface area (Å²) in [6.45, 7) is 0.385. The molecule has 34 heavy (non-hydrogen) atoms. The summed E-state index contributed by atoms with van der Waals surface area (Å²) in [5.74, 6) is 0.697. The number of aromatic nitrogens is 3. The SMILES string of the molecule is COc1ccc2[nH]cc(CCN3C(=O)c4n[nH]c(-c5ccco5)c4C3c3ccccc3F)c2c1. The van der Waals surface area contributed by atoms with Crippen LogP contribution in [0, 0.1) is 5.82 Å². The Hall–Kier alpha value is -4.33. The van der Waals surface area contributed by atoms with Crippen LogP contribution in [0.15, 0.2) is 71.5 Å². The van der Waals surface area contributed by atoms with E-state index in [1.807, 2.05) is 24.4 Å². The maximum Gasteiger partial charge on any atom is 0.275 e. The van der Waals surface area contributed by atoms with Gasteiger partial charge in [-0.05, 0) is 48.4 Å². The first kappa shape index (κ1) is 20.3. The summed E-state index contributed by atoms with van der Waals surface area (Å²) in [5, 5.41) is 8.24. The van der Waals surface area contributed by atoms with Crippen molar-refractivity contribution >= 4 is 16.8 Å². The molecule has 7 nitrogen and oxygen atoms in total. The van der Waals surface area contributed by atoms with Gasteiger partial charge in [0.15, 0.2) is 11.5 Å². The Bertz CT molecular complexity index is 1500. The van der Waals surface area contributed by atoms with Crippen LogP contribution in [-0.4, -0.2) is 39.6 Å². The number of aromatic amines is 2. The molecule has 0 radical (unpaired) electrons. The molecule has 3 aromatic heterocycles. The Kier molecular flexibility index (Phi) is 4.72. The number of furan rings is 1. The van der Waals surface area contributed by atoms with Gasteiger partial charge in [-0.2, -0.15) is 5.10 Å². The van der Waals surface area contributed by atoms with Crippen molar-refractivity contribution in [3.05, 3.63) is 95.3 Å². The van der Waals surface area contributed by atoms with E-state index < -0.39 is 6.04 Å². The molecule has 1 atom stereocenters. The van der Waals surface area contributed by atoms with Crippen molar-refractivity contribution in [2.24, 2.45) is 0 Å². The highest BCUT2D eigenvalue weighted by Crippen LogP contribution is 2.43. The van der Waals surface area contributed by atoms with Crippen molar-refractivity contribution in [1.82, 2.24) is 20.1 Å². The zero-order valence-corrected chi connectivity index (χ0v) is 18.3. The summed E-state index contributed by atoms with van der Waals surface area (Å²) in [5.41, 5.74) is 3.96. The van der Waals surface area contributed by atoms with Gasteiger partial charge in [0.05, 0.1) is 19.4 Å². The minimum absolute atomic E-state index is 0.241. The van der Waals surface area contributed by atoms with Crippen LogP contribution in [0.5, 0.6) is 5.75 Å². The Morgan fingerprint density at radius 3 is 2.85 bits per heavy atom. The Balaban J connectivity index is 1.40. The fourth-order valence-corrected chi connectivity index (χ4v) is 4.78. The lowest BCUT2D eigenvalue weighted by Gasteiger charge is -2.26. The normalized spacial score (nSPS) is 15.3. The van der Waals surface area contributed by atoms with Crippen LogP contribution in [0.3, 0.4) is 0 Å². The zero-order chi connectivity index (χ0) is 23.2. The number of H-pyrrole nitrogens is 2. The van der Waals surface area contributed by atoms with E-state index in [4.69, 9.17) is 9.15 Å². The predicted octanol–water partition coefficient (Wildman–Crippen LogP) is 5.09. The molecule has 0 saturated heterocycles. The van der Waals surface area contributed by atoms with Crippen LogP contribution >= 0.6 is 0 Å². The third-order valence-corrected chi connectivity index (χ3v) is 6.42. The molecule has 0 aliphatic carbocycles. The lowest BCUT2D eigenvalue weighted by Crippen LogP contribution is -2.32. The van der Waals surface area contributed by atoms with Gasteiger partial charge in [0, 0.05) is 34.8 Å². The van der Waals surface area contributed by atoms with Gasteiger partial charge < -0.3 is 19.0 Å². The molecule has 2 N–H and O–H groups in total. The van der Waals surface area contributed by atoms with E-state index in [1.165, 1.54) is 6.07 Å². The fourth-order valence-electron chi connectivity index (χ4n) is 4.78. The highest BCUT2D eigenvalue weighted by molar-refractivity contribution is 6.00. The monoisotopic (exact) mass is 456 g/mol. The molecule has 1 aliphatic rings. The maximum absolute atomic E-state index is 15.0. The van der Waals surface area contributed by atoms with Crippen molar-refractivity contribution in [3.63, 3.8) is 0 Å². The number of benzene rings is 2. The van der Waals surface area contributed by atoms with Crippen LogP contribution < -0.4 is 4.74 Å². The molecule has 0 saturated carbocycles. The van der Waals surface area contributed by atoms with E-state index in [0.29, 0.717) is 41.2 Å². The summed E-state index contributed by atoms with van der Waals surface area (Å²) in [7, 11) is 1.63. The number of hydrogen-bond donors (Lipinski definition) is 2. The number of methoxy groups -OCH3 is 1. The molecule has 6 rings (SSSR count). The Morgan fingerprint density at radius 1 is 1.18 bits per heavy atom. The molecule has 2 aromatic carbocycles. The van der Waals surface area contributed by atoms with Gasteiger partial charge in [-0.25, -0.2) is 4.39 Å². The van der Waals surface area contributed by atoms with Crippen molar-refractivity contribution in [2.75, 3.05) is 13.7 Å². The maximum atomic E-state index is 15.0. The number of carbonyl (C=O) groups is 1. The molecule has 170 valence electrons. The summed E-state index contributed by atoms with van der Waals surface area (Å²) in [6, 6.07) is 15.3. The molecular formula is C26H21FN4O3. The van der Waals surface area contributed by atoms with Crippen LogP contribution in [0.2, 0.25) is 0 Å². The summed E-state index contributed by atoms with van der Waals surface area (Å²) >= 11 is 0. The molecule has 4 heterocycles. The zero-order valence-electron chi connectivity index (χ0n) is 18.3. The third kappa shape index (κ3) is 3.10. The predicted molar refractivity (Wildman–Crippen MR) is 124 cm³/mol. The first-order valence-corrected chi connectivity index (χ1v) is 11.0. The molecule has 0 bridgehead atoms. The number of nitrogens with zero attached hydrogens (tertiary/aromatic N) is 2. The summed E-state index contributed by atoms with van der Waals surface area (Å²) < 4.78 is 25.9. The van der Waals surface area contributed by atoms with E-state index in [9.17, 15) is 4.79 Å². The quantitative estimate of drug-likeness (QED) is 0.373. The highest BCUT2D eigenvalue weighted by atomic mass is 19.1. The molecule has 0 spiro atoms. The molecule has 5 aromatic rings. The Labute approximate surface area is 194 Å². The second-order valence-electron chi connectivity index (χ2n) is 8.24. The average Bonchev–Trinajstić information content (AvgIpc) is 3.64. The minimum Gasteiger partial charge on any atom is -0.497 e. The van der Waals surface area contributed by atoms with Crippen molar-refractivity contribution in [1.29, 1.82) is 0 Å². The third-order valence-electron chi connectivity index (χ3n) is 6.42. The second kappa shape index (κ2) is 7.91. The van der Waals surface area contributed by atoms with Crippen LogP contribution in [-0.2, 0) is 6.42 Å². The second-order valence-corrected chi connectivity index (χ2v) is 8.24. The molecular weight excluding hydrogens is 435 g/mol. The smallest absolute Gasteiger partial charge is 0.275 e. The van der Waals surface area contributed by atoms with E-state index in [0.717, 1.165) is 22.2 Å². The number of carbonyl (C=O) groups excluding carboxylic acids is 1. The summed E-state index contributed by atoms with van der Waals surface area (Å²) in [6.07, 6.45) is 4.07. The number of hydrogen-bond acceptors (Lipinski definition) is 4. The van der Waals surface area contributed by atoms with E-state index in [1.54, 1.807) is 48.6 Å². The molecule has 1 amide bonds. The van der Waals surface area contributed by atoms with Crippen molar-refractivity contribution < 1.29 is 18.3 Å². The van der Waals surface area contributed by atoms with Gasteiger partial charge in [0.25, 0.3) is 5.91 Å². The van der Waals surface area contributed by atoms with Gasteiger partial charge in [-0.15, -0.1) is 0 Å². The van der Waals surface area contributed by atoms with E-state index >= 15 is 4.39 Å². The standard InChI is InChI=1S/C26H21FN4O3/c1-33-16-8-9-20-18(13-16)15(14-28-20)10-11-31-25(17-5-2-3-6-19(17)27)22-23(21-7-4-12-34-21)29-30-24(22)26(31)32/h2-9,12-14,25,28H,10-11H2,1H3,(H,29,30). The lowest BCUT2D eigenvalue weighted by molar-refractivity contribution is 0.0744. The largest absolute Gasteiger partial charge is 0.497 e. The highest BCUT2D eigenvalue weighted by Gasteiger charge is 2.43. The van der Waals surface area contributed by atoms with Crippen molar-refractivity contribution in [3.8, 4) is 17.2 Å². The van der Waals surface area contributed by atoms with Gasteiger partial charge in [-0.1, -0.05) is 18.2 Å². The first-order valence-electron chi connectivity index (χ1n) is 11.0. The molecule has 8 heteroatoms. The number of amides is 1. The van der Waals surface area contributed by atoms with Crippen molar-refractivity contribution in [2.45, 2.75) is 12.5 Å². The minimum atomic E-state index is -0.623. The van der Waals surface area contributed by atoms with E-state index in [2.05, 4.69) is 15.2 Å². The number of rotatable bonds is 6. The van der Waals surface area contributed by atoms with Gasteiger partial charge in [-0.3, -0.25) is 9.89 Å². The average molecular weight is 456 g/mol. The Morgan fingerprint density at radius 2 is 2.06 bits per heavy atom. The first-order chi connectivity index (χ1) is 16.7. The molecule has 1 unspecified atom stereocenters. The number of fused-ring (bicyclic) bond motifs is 2. The topological polar surface area (TPSA) is 87.1 Å². The number of nitrogens with one attached hydrogen (secondary N) is 2. The number of ether oxygens (including phenoxy) is 1. The van der Waals surface area contributed by atoms with Gasteiger partial charge in [0.2, 0.25) is 0 Å². The van der Waals surface area contributed by atoms with Crippen LogP contribution in [0.25, 0.3) is 22.4 Å². The fraction of sp³-hybridized carbons (Fsp3) is 0.154. The van der Waals surface area contributed by atoms with E-state index in [-0.39, 0.29) is 11.7 Å². The molecule has 0 fully saturated rings. The van der Waals surface area contributed by atoms with Gasteiger partial charge >= 0.3 is 0 Å². The molecule has 1 aliphatic heterocycles. The van der Waals surface area contributed by atoms with Crippen LogP contribution in [0.4, 0.5) is 4.39 Å². The van der Waals surface area contributed by atoms with Gasteiger partial charge in [0.1, 0.15) is 17.3 Å². The summed E-state index contributed by atoms with van der Waals surface area (Å²) in [4.78, 5) is 18.4. The van der Waals surface area contributed by atoms with Crippen LogP contribution in [0.1, 0.15) is 33.2 Å². The lowest BCUT2D eigenvalue weighted by atomic mass is 9.97.